The van der Waals surface area contributed by atoms with Crippen molar-refractivity contribution in [3.8, 4) is 0 Å². The van der Waals surface area contributed by atoms with E-state index >= 15 is 0 Å². The molecule has 0 saturated carbocycles. The molecule has 0 spiro atoms. The maximum absolute atomic E-state index is 11.3. The van der Waals surface area contributed by atoms with Gasteiger partial charge in [0, 0.05) is 46.7 Å². The second kappa shape index (κ2) is 5.10. The van der Waals surface area contributed by atoms with Gasteiger partial charge in [-0.3, -0.25) is 4.21 Å². The first-order chi connectivity index (χ1) is 8.06. The van der Waals surface area contributed by atoms with Gasteiger partial charge in [0.2, 0.25) is 0 Å². The minimum absolute atomic E-state index is 0.386. The fourth-order valence-corrected chi connectivity index (χ4v) is 2.99. The highest BCUT2D eigenvalue weighted by Crippen LogP contribution is 2.16. The Balaban J connectivity index is 2.26. The minimum Gasteiger partial charge on any atom is -0.389 e. The zero-order valence-electron chi connectivity index (χ0n) is 9.68. The molecule has 1 aromatic rings. The van der Waals surface area contributed by atoms with Crippen molar-refractivity contribution in [1.29, 1.82) is 0 Å². The fourth-order valence-electron chi connectivity index (χ4n) is 1.82. The first kappa shape index (κ1) is 12.4. The van der Waals surface area contributed by atoms with E-state index in [1.54, 1.807) is 0 Å². The Morgan fingerprint density at radius 3 is 2.71 bits per heavy atom. The summed E-state index contributed by atoms with van der Waals surface area (Å²) in [5, 5.41) is 0. The molecular formula is C11H15N3OS2. The van der Waals surface area contributed by atoms with Crippen molar-refractivity contribution in [2.24, 2.45) is 5.73 Å². The molecule has 0 atom stereocenters. The Kier molecular flexibility index (Phi) is 3.73. The van der Waals surface area contributed by atoms with Crippen LogP contribution in [0.3, 0.4) is 0 Å². The van der Waals surface area contributed by atoms with Crippen molar-refractivity contribution < 1.29 is 4.21 Å². The zero-order valence-corrected chi connectivity index (χ0v) is 11.3. The molecule has 0 bridgehead atoms. The van der Waals surface area contributed by atoms with Crippen LogP contribution in [-0.4, -0.2) is 38.8 Å². The first-order valence-corrected chi connectivity index (χ1v) is 7.34. The normalized spacial score (nSPS) is 17.1. The van der Waals surface area contributed by atoms with Crippen molar-refractivity contribution in [2.75, 3.05) is 29.5 Å². The van der Waals surface area contributed by atoms with Crippen LogP contribution in [0.1, 0.15) is 11.3 Å². The Morgan fingerprint density at radius 1 is 1.47 bits per heavy atom. The molecule has 0 amide bonds. The van der Waals surface area contributed by atoms with Gasteiger partial charge in [-0.2, -0.15) is 0 Å². The van der Waals surface area contributed by atoms with Crippen molar-refractivity contribution in [1.82, 2.24) is 4.98 Å². The lowest BCUT2D eigenvalue weighted by Crippen LogP contribution is -2.38. The molecule has 2 N–H and O–H groups in total. The summed E-state index contributed by atoms with van der Waals surface area (Å²) in [6, 6.07) is 3.79. The van der Waals surface area contributed by atoms with Crippen LogP contribution in [0, 0.1) is 6.92 Å². The first-order valence-electron chi connectivity index (χ1n) is 5.44. The summed E-state index contributed by atoms with van der Waals surface area (Å²) in [7, 11) is -0.674. The van der Waals surface area contributed by atoms with Crippen LogP contribution < -0.4 is 10.6 Å². The topological polar surface area (TPSA) is 59.2 Å². The number of rotatable bonds is 2. The van der Waals surface area contributed by atoms with Crippen molar-refractivity contribution in [2.45, 2.75) is 6.92 Å². The van der Waals surface area contributed by atoms with Crippen molar-refractivity contribution in [3.63, 3.8) is 0 Å². The van der Waals surface area contributed by atoms with Crippen LogP contribution >= 0.6 is 12.2 Å². The summed E-state index contributed by atoms with van der Waals surface area (Å²) in [6.45, 7) is 3.48. The molecule has 1 aliphatic rings. The van der Waals surface area contributed by atoms with E-state index in [0.717, 1.165) is 30.2 Å². The molecule has 0 radical (unpaired) electrons. The third-order valence-electron chi connectivity index (χ3n) is 2.73. The van der Waals surface area contributed by atoms with E-state index in [9.17, 15) is 4.21 Å². The number of anilines is 1. The van der Waals surface area contributed by atoms with Gasteiger partial charge in [-0.15, -0.1) is 0 Å². The molecule has 0 aromatic carbocycles. The van der Waals surface area contributed by atoms with Gasteiger partial charge in [0.1, 0.15) is 10.8 Å². The summed E-state index contributed by atoms with van der Waals surface area (Å²) in [6.07, 6.45) is 0. The van der Waals surface area contributed by atoms with Gasteiger partial charge in [0.25, 0.3) is 0 Å². The average Bonchev–Trinajstić information content (AvgIpc) is 2.29. The fraction of sp³-hybridized carbons (Fsp3) is 0.455. The third kappa shape index (κ3) is 3.01. The largest absolute Gasteiger partial charge is 0.389 e. The van der Waals surface area contributed by atoms with Gasteiger partial charge in [0.15, 0.2) is 0 Å². The Bertz CT molecular complexity index is 466. The monoisotopic (exact) mass is 269 g/mol. The zero-order chi connectivity index (χ0) is 12.4. The molecule has 1 aliphatic heterocycles. The highest BCUT2D eigenvalue weighted by atomic mass is 32.2. The molecule has 2 heterocycles. The van der Waals surface area contributed by atoms with Gasteiger partial charge in [0.05, 0.1) is 0 Å². The smallest absolute Gasteiger partial charge is 0.129 e. The van der Waals surface area contributed by atoms with E-state index in [2.05, 4.69) is 9.88 Å². The number of aromatic nitrogens is 1. The van der Waals surface area contributed by atoms with Gasteiger partial charge in [-0.1, -0.05) is 12.2 Å². The molecule has 4 nitrogen and oxygen atoms in total. The lowest BCUT2D eigenvalue weighted by Gasteiger charge is -2.27. The molecule has 2 rings (SSSR count). The summed E-state index contributed by atoms with van der Waals surface area (Å²) >= 11 is 4.98. The quantitative estimate of drug-likeness (QED) is 0.797. The molecular weight excluding hydrogens is 254 g/mol. The number of hydrogen-bond donors (Lipinski definition) is 1. The van der Waals surface area contributed by atoms with E-state index in [0.29, 0.717) is 16.5 Å². The molecule has 17 heavy (non-hydrogen) atoms. The Hall–Kier alpha value is -1.01. The number of aryl methyl sites for hydroxylation is 1. The van der Waals surface area contributed by atoms with E-state index in [-0.39, 0.29) is 0 Å². The van der Waals surface area contributed by atoms with Crippen LogP contribution in [0.2, 0.25) is 0 Å². The lowest BCUT2D eigenvalue weighted by molar-refractivity contribution is 0.672. The predicted molar refractivity (Wildman–Crippen MR) is 75.0 cm³/mol. The third-order valence-corrected chi connectivity index (χ3v) is 4.24. The van der Waals surface area contributed by atoms with Crippen LogP contribution in [0.5, 0.6) is 0 Å². The molecule has 6 heteroatoms. The van der Waals surface area contributed by atoms with Crippen LogP contribution in [0.15, 0.2) is 12.1 Å². The van der Waals surface area contributed by atoms with E-state index in [1.165, 1.54) is 0 Å². The van der Waals surface area contributed by atoms with E-state index in [4.69, 9.17) is 18.0 Å². The number of hydrogen-bond acceptors (Lipinski definition) is 4. The molecule has 0 unspecified atom stereocenters. The molecule has 1 aromatic heterocycles. The van der Waals surface area contributed by atoms with Crippen LogP contribution in [-0.2, 0) is 10.8 Å². The average molecular weight is 269 g/mol. The number of pyridine rings is 1. The minimum atomic E-state index is -0.674. The van der Waals surface area contributed by atoms with Crippen molar-refractivity contribution in [3.05, 3.63) is 23.4 Å². The predicted octanol–water partition coefficient (Wildman–Crippen LogP) is 0.593. The second-order valence-electron chi connectivity index (χ2n) is 4.05. The Labute approximate surface area is 109 Å². The molecule has 1 saturated heterocycles. The van der Waals surface area contributed by atoms with Gasteiger partial charge < -0.3 is 10.6 Å². The summed E-state index contributed by atoms with van der Waals surface area (Å²) < 4.78 is 11.3. The maximum Gasteiger partial charge on any atom is 0.129 e. The maximum atomic E-state index is 11.3. The highest BCUT2D eigenvalue weighted by molar-refractivity contribution is 7.85. The number of nitrogens with two attached hydrogens (primary N) is 1. The van der Waals surface area contributed by atoms with Gasteiger partial charge in [-0.05, 0) is 19.1 Å². The molecule has 92 valence electrons. The SMILES string of the molecule is Cc1cc(C(N)=S)cc(N2CCS(=O)CC2)n1. The lowest BCUT2D eigenvalue weighted by atomic mass is 10.2. The van der Waals surface area contributed by atoms with E-state index in [1.807, 2.05) is 19.1 Å². The van der Waals surface area contributed by atoms with E-state index < -0.39 is 10.8 Å². The number of nitrogens with zero attached hydrogens (tertiary/aromatic N) is 2. The van der Waals surface area contributed by atoms with Crippen LogP contribution in [0.25, 0.3) is 0 Å². The van der Waals surface area contributed by atoms with Crippen LogP contribution in [0.4, 0.5) is 5.82 Å². The van der Waals surface area contributed by atoms with Gasteiger partial charge in [-0.25, -0.2) is 4.98 Å². The number of thiocarbonyl (C=S) groups is 1. The molecule has 1 fully saturated rings. The second-order valence-corrected chi connectivity index (χ2v) is 6.19. The van der Waals surface area contributed by atoms with Crippen molar-refractivity contribution >= 4 is 33.8 Å². The van der Waals surface area contributed by atoms with Gasteiger partial charge >= 0.3 is 0 Å². The highest BCUT2D eigenvalue weighted by Gasteiger charge is 2.17. The molecule has 0 aliphatic carbocycles. The Morgan fingerprint density at radius 2 is 2.12 bits per heavy atom. The standard InChI is InChI=1S/C11H15N3OS2/c1-8-6-9(11(12)16)7-10(13-8)14-2-4-17(15)5-3-14/h6-7H,2-5H2,1H3,(H2,12,16). The summed E-state index contributed by atoms with van der Waals surface area (Å²) in [5.41, 5.74) is 7.38. The summed E-state index contributed by atoms with van der Waals surface area (Å²) in [4.78, 5) is 7.00. The summed E-state index contributed by atoms with van der Waals surface area (Å²) in [5.74, 6) is 2.29.